The average Bonchev–Trinajstić information content (AvgIpc) is 2.69. The zero-order valence-corrected chi connectivity index (χ0v) is 15.0. The molecule has 0 saturated heterocycles. The molecular formula is C18H16N6O4. The number of aromatic nitrogens is 3. The van der Waals surface area contributed by atoms with Gasteiger partial charge in [0.2, 0.25) is 5.82 Å². The Morgan fingerprint density at radius 3 is 2.54 bits per heavy atom. The Labute approximate surface area is 159 Å². The van der Waals surface area contributed by atoms with Gasteiger partial charge in [0.25, 0.3) is 5.91 Å². The minimum atomic E-state index is -0.683. The highest BCUT2D eigenvalue weighted by Gasteiger charge is 2.25. The normalized spacial score (nSPS) is 10.2. The van der Waals surface area contributed by atoms with Crippen molar-refractivity contribution in [1.29, 1.82) is 0 Å². The smallest absolute Gasteiger partial charge is 0.374 e. The van der Waals surface area contributed by atoms with Crippen LogP contribution in [0.3, 0.4) is 0 Å². The topological polar surface area (TPSA) is 132 Å². The Morgan fingerprint density at radius 1 is 1.11 bits per heavy atom. The third-order valence-corrected chi connectivity index (χ3v) is 3.90. The number of hydrazine groups is 1. The van der Waals surface area contributed by atoms with Crippen LogP contribution in [0.4, 0.5) is 11.5 Å². The minimum absolute atomic E-state index is 0.207. The highest BCUT2D eigenvalue weighted by molar-refractivity contribution is 5.94. The Bertz CT molecular complexity index is 1030. The van der Waals surface area contributed by atoms with Crippen molar-refractivity contribution in [3.05, 3.63) is 75.9 Å². The number of aryl methyl sites for hydroxylation is 2. The minimum Gasteiger partial charge on any atom is -0.434 e. The van der Waals surface area contributed by atoms with Crippen LogP contribution in [0, 0.1) is 24.0 Å². The molecule has 0 spiro atoms. The number of rotatable bonds is 6. The summed E-state index contributed by atoms with van der Waals surface area (Å²) < 4.78 is 5.58. The summed E-state index contributed by atoms with van der Waals surface area (Å²) in [5.74, 6) is -0.561. The van der Waals surface area contributed by atoms with E-state index in [1.165, 1.54) is 24.5 Å². The van der Waals surface area contributed by atoms with Crippen LogP contribution in [0.2, 0.25) is 0 Å². The van der Waals surface area contributed by atoms with Crippen LogP contribution >= 0.6 is 0 Å². The molecule has 142 valence electrons. The number of nitro groups is 1. The molecule has 10 nitrogen and oxygen atoms in total. The van der Waals surface area contributed by atoms with Gasteiger partial charge in [0.1, 0.15) is 12.1 Å². The molecule has 0 aliphatic carbocycles. The Morgan fingerprint density at radius 2 is 1.86 bits per heavy atom. The van der Waals surface area contributed by atoms with E-state index >= 15 is 0 Å². The van der Waals surface area contributed by atoms with Crippen LogP contribution in [-0.2, 0) is 0 Å². The molecule has 0 radical (unpaired) electrons. The number of ether oxygens (including phenoxy) is 1. The Hall–Kier alpha value is -4.08. The number of pyridine rings is 1. The monoisotopic (exact) mass is 380 g/mol. The number of hydrogen-bond acceptors (Lipinski definition) is 8. The maximum absolute atomic E-state index is 12.1. The van der Waals surface area contributed by atoms with Crippen molar-refractivity contribution in [1.82, 2.24) is 20.4 Å². The van der Waals surface area contributed by atoms with Gasteiger partial charge < -0.3 is 4.74 Å². The lowest BCUT2D eigenvalue weighted by Crippen LogP contribution is -2.30. The van der Waals surface area contributed by atoms with Crippen molar-refractivity contribution in [2.24, 2.45) is 0 Å². The predicted molar refractivity (Wildman–Crippen MR) is 100 cm³/mol. The lowest BCUT2D eigenvalue weighted by atomic mass is 10.1. The molecule has 0 fully saturated rings. The summed E-state index contributed by atoms with van der Waals surface area (Å²) >= 11 is 0. The van der Waals surface area contributed by atoms with E-state index in [-0.39, 0.29) is 11.7 Å². The second-order valence-electron chi connectivity index (χ2n) is 5.80. The first-order valence-corrected chi connectivity index (χ1v) is 8.16. The van der Waals surface area contributed by atoms with Gasteiger partial charge in [0.15, 0.2) is 0 Å². The van der Waals surface area contributed by atoms with E-state index < -0.39 is 16.5 Å². The second kappa shape index (κ2) is 8.08. The van der Waals surface area contributed by atoms with Crippen LogP contribution in [0.1, 0.15) is 21.5 Å². The third-order valence-electron chi connectivity index (χ3n) is 3.90. The van der Waals surface area contributed by atoms with Gasteiger partial charge in [-0.1, -0.05) is 6.07 Å². The van der Waals surface area contributed by atoms with Crippen LogP contribution in [0.25, 0.3) is 0 Å². The van der Waals surface area contributed by atoms with Crippen LogP contribution in [-0.4, -0.2) is 25.8 Å². The molecule has 10 heteroatoms. The van der Waals surface area contributed by atoms with Gasteiger partial charge in [-0.05, 0) is 49.2 Å². The summed E-state index contributed by atoms with van der Waals surface area (Å²) in [4.78, 5) is 34.5. The molecule has 1 aromatic carbocycles. The highest BCUT2D eigenvalue weighted by Crippen LogP contribution is 2.34. The fourth-order valence-corrected chi connectivity index (χ4v) is 2.27. The van der Waals surface area contributed by atoms with Crippen LogP contribution in [0.5, 0.6) is 11.6 Å². The molecule has 2 aromatic heterocycles. The molecular weight excluding hydrogens is 364 g/mol. The maximum Gasteiger partial charge on any atom is 0.374 e. The zero-order chi connectivity index (χ0) is 20.1. The molecule has 0 aliphatic heterocycles. The van der Waals surface area contributed by atoms with Gasteiger partial charge in [0, 0.05) is 18.0 Å². The molecule has 28 heavy (non-hydrogen) atoms. The molecule has 3 aromatic rings. The van der Waals surface area contributed by atoms with Gasteiger partial charge in [-0.2, -0.15) is 4.98 Å². The standard InChI is InChI=1S/C18H16N6O4/c1-11-3-4-14(9-12(11)2)28-18-15(24(26)27)16(20-10-21-18)22-23-17(25)13-5-7-19-8-6-13/h3-10H,1-2H3,(H,23,25)(H,20,21,22). The third kappa shape index (κ3) is 4.18. The van der Waals surface area contributed by atoms with E-state index in [1.54, 1.807) is 12.1 Å². The number of nitrogens with one attached hydrogen (secondary N) is 2. The summed E-state index contributed by atoms with van der Waals surface area (Å²) in [7, 11) is 0. The van der Waals surface area contributed by atoms with E-state index in [9.17, 15) is 14.9 Å². The van der Waals surface area contributed by atoms with Crippen LogP contribution < -0.4 is 15.6 Å². The number of anilines is 1. The average molecular weight is 380 g/mol. The van der Waals surface area contributed by atoms with E-state index in [4.69, 9.17) is 4.74 Å². The van der Waals surface area contributed by atoms with E-state index in [2.05, 4.69) is 25.8 Å². The first-order chi connectivity index (χ1) is 13.5. The molecule has 3 rings (SSSR count). The second-order valence-corrected chi connectivity index (χ2v) is 5.80. The number of carbonyl (C=O) groups excluding carboxylic acids is 1. The van der Waals surface area contributed by atoms with Crippen LogP contribution in [0.15, 0.2) is 49.1 Å². The molecule has 2 N–H and O–H groups in total. The summed E-state index contributed by atoms with van der Waals surface area (Å²) in [6.45, 7) is 3.85. The van der Waals surface area contributed by atoms with Crippen molar-refractivity contribution in [3.8, 4) is 11.6 Å². The van der Waals surface area contributed by atoms with Gasteiger partial charge in [-0.15, -0.1) is 0 Å². The maximum atomic E-state index is 12.1. The molecule has 1 amide bonds. The molecule has 0 bridgehead atoms. The number of carbonyl (C=O) groups is 1. The number of amides is 1. The Balaban J connectivity index is 1.84. The summed E-state index contributed by atoms with van der Waals surface area (Å²) in [6.07, 6.45) is 4.01. The van der Waals surface area contributed by atoms with Gasteiger partial charge in [-0.3, -0.25) is 30.7 Å². The number of nitrogens with zero attached hydrogens (tertiary/aromatic N) is 4. The van der Waals surface area contributed by atoms with Gasteiger partial charge >= 0.3 is 11.6 Å². The van der Waals surface area contributed by atoms with Crippen molar-refractivity contribution in [2.45, 2.75) is 13.8 Å². The quantitative estimate of drug-likeness (QED) is 0.493. The molecule has 0 atom stereocenters. The number of hydrogen-bond donors (Lipinski definition) is 2. The van der Waals surface area contributed by atoms with Crippen molar-refractivity contribution in [3.63, 3.8) is 0 Å². The lowest BCUT2D eigenvalue weighted by molar-refractivity contribution is -0.385. The first-order valence-electron chi connectivity index (χ1n) is 8.16. The Kier molecular flexibility index (Phi) is 5.40. The van der Waals surface area contributed by atoms with Crippen molar-refractivity contribution >= 4 is 17.4 Å². The zero-order valence-electron chi connectivity index (χ0n) is 15.0. The lowest BCUT2D eigenvalue weighted by Gasteiger charge is -2.11. The van der Waals surface area contributed by atoms with Gasteiger partial charge in [-0.25, -0.2) is 4.98 Å². The summed E-state index contributed by atoms with van der Waals surface area (Å²) in [5, 5.41) is 11.6. The fourth-order valence-electron chi connectivity index (χ4n) is 2.27. The summed E-state index contributed by atoms with van der Waals surface area (Å²) in [6, 6.07) is 8.27. The van der Waals surface area contributed by atoms with Crippen molar-refractivity contribution < 1.29 is 14.5 Å². The largest absolute Gasteiger partial charge is 0.434 e. The fraction of sp³-hybridized carbons (Fsp3) is 0.111. The van der Waals surface area contributed by atoms with Crippen molar-refractivity contribution in [2.75, 3.05) is 5.43 Å². The number of benzene rings is 1. The molecule has 2 heterocycles. The molecule has 0 saturated carbocycles. The predicted octanol–water partition coefficient (Wildman–Crippen LogP) is 2.95. The van der Waals surface area contributed by atoms with E-state index in [0.29, 0.717) is 11.3 Å². The van der Waals surface area contributed by atoms with E-state index in [0.717, 1.165) is 17.5 Å². The SMILES string of the molecule is Cc1ccc(Oc2ncnc(NNC(=O)c3ccncc3)c2[N+](=O)[O-])cc1C. The summed E-state index contributed by atoms with van der Waals surface area (Å²) in [5.41, 5.74) is 6.65. The molecule has 0 unspecified atom stereocenters. The first kappa shape index (κ1) is 18.7. The highest BCUT2D eigenvalue weighted by atomic mass is 16.6. The molecule has 0 aliphatic rings. The van der Waals surface area contributed by atoms with Gasteiger partial charge in [0.05, 0.1) is 4.92 Å². The van der Waals surface area contributed by atoms with E-state index in [1.807, 2.05) is 19.9 Å².